The highest BCUT2D eigenvalue weighted by Gasteiger charge is 2.01. The topological polar surface area (TPSA) is 45.0 Å². The smallest absolute Gasteiger partial charge is 0.119 e. The maximum atomic E-state index is 8.49. The number of hydrogen-bond acceptors (Lipinski definition) is 3. The van der Waals surface area contributed by atoms with Gasteiger partial charge in [-0.05, 0) is 13.5 Å². The van der Waals surface area contributed by atoms with Crippen LogP contribution in [0.2, 0.25) is 0 Å². The van der Waals surface area contributed by atoms with Gasteiger partial charge >= 0.3 is 0 Å². The van der Waals surface area contributed by atoms with Crippen LogP contribution in [0.15, 0.2) is 0 Å². The van der Waals surface area contributed by atoms with E-state index in [4.69, 9.17) is 10.00 Å². The molecule has 0 aromatic carbocycles. The van der Waals surface area contributed by atoms with Gasteiger partial charge in [-0.1, -0.05) is 13.3 Å². The van der Waals surface area contributed by atoms with Crippen LogP contribution in [0.3, 0.4) is 0 Å². The van der Waals surface area contributed by atoms with Gasteiger partial charge in [0.25, 0.3) is 0 Å². The number of rotatable bonds is 6. The second-order valence-corrected chi connectivity index (χ2v) is 2.40. The zero-order chi connectivity index (χ0) is 8.53. The summed E-state index contributed by atoms with van der Waals surface area (Å²) in [6.45, 7) is 3.37. The highest BCUT2D eigenvalue weighted by atomic mass is 16.5. The first-order valence-electron chi connectivity index (χ1n) is 3.99. The predicted octanol–water partition coefficient (Wildman–Crippen LogP) is 0.915. The fourth-order valence-electron chi connectivity index (χ4n) is 0.633. The zero-order valence-electron chi connectivity index (χ0n) is 7.26. The highest BCUT2D eigenvalue weighted by Crippen LogP contribution is 1.89. The molecule has 1 N–H and O–H groups in total. The molecule has 0 aliphatic carbocycles. The van der Waals surface area contributed by atoms with E-state index in [0.29, 0.717) is 6.61 Å². The number of nitriles is 1. The van der Waals surface area contributed by atoms with Crippen molar-refractivity contribution in [2.45, 2.75) is 25.8 Å². The average Bonchev–Trinajstić information content (AvgIpc) is 2.05. The lowest BCUT2D eigenvalue weighted by Gasteiger charge is -2.07. The molecule has 0 aliphatic rings. The molecule has 0 aromatic heterocycles. The first kappa shape index (κ1) is 10.4. The molecular formula is C8H16N2O. The second kappa shape index (κ2) is 7.52. The molecule has 3 heteroatoms. The van der Waals surface area contributed by atoms with Gasteiger partial charge in [-0.15, -0.1) is 0 Å². The molecule has 0 fully saturated rings. The van der Waals surface area contributed by atoms with Crippen molar-refractivity contribution in [1.29, 1.82) is 5.26 Å². The molecule has 3 nitrogen and oxygen atoms in total. The molecular weight excluding hydrogens is 140 g/mol. The van der Waals surface area contributed by atoms with Gasteiger partial charge in [-0.2, -0.15) is 5.26 Å². The van der Waals surface area contributed by atoms with E-state index in [-0.39, 0.29) is 6.04 Å². The third-order valence-corrected chi connectivity index (χ3v) is 1.43. The Balaban J connectivity index is 3.16. The predicted molar refractivity (Wildman–Crippen MR) is 44.2 cm³/mol. The lowest BCUT2D eigenvalue weighted by molar-refractivity contribution is 0.122. The molecule has 0 saturated heterocycles. The summed E-state index contributed by atoms with van der Waals surface area (Å²) in [6, 6.07) is 1.93. The lowest BCUT2D eigenvalue weighted by atomic mass is 10.3. The van der Waals surface area contributed by atoms with Crippen LogP contribution in [0.25, 0.3) is 0 Å². The molecule has 64 valence electrons. The molecule has 0 aliphatic heterocycles. The van der Waals surface area contributed by atoms with Crippen LogP contribution in [-0.4, -0.2) is 26.3 Å². The van der Waals surface area contributed by atoms with Gasteiger partial charge in [0.2, 0.25) is 0 Å². The first-order chi connectivity index (χ1) is 5.35. The van der Waals surface area contributed by atoms with Gasteiger partial charge in [0.15, 0.2) is 0 Å². The molecule has 0 aromatic rings. The Kier molecular flexibility index (Phi) is 7.11. The van der Waals surface area contributed by atoms with Crippen LogP contribution in [0.4, 0.5) is 0 Å². The molecule has 0 spiro atoms. The highest BCUT2D eigenvalue weighted by molar-refractivity contribution is 4.88. The van der Waals surface area contributed by atoms with E-state index >= 15 is 0 Å². The van der Waals surface area contributed by atoms with Crippen LogP contribution in [0, 0.1) is 11.3 Å². The Hall–Kier alpha value is -0.590. The monoisotopic (exact) mass is 156 g/mol. The third kappa shape index (κ3) is 5.84. The average molecular weight is 156 g/mol. The molecule has 0 heterocycles. The minimum Gasteiger partial charge on any atom is -0.379 e. The van der Waals surface area contributed by atoms with E-state index in [1.165, 1.54) is 0 Å². The quantitative estimate of drug-likeness (QED) is 0.581. The summed E-state index contributed by atoms with van der Waals surface area (Å²) in [4.78, 5) is 0. The van der Waals surface area contributed by atoms with E-state index in [1.54, 1.807) is 7.05 Å². The van der Waals surface area contributed by atoms with Gasteiger partial charge < -0.3 is 10.1 Å². The molecule has 0 radical (unpaired) electrons. The van der Waals surface area contributed by atoms with Gasteiger partial charge in [-0.3, -0.25) is 0 Å². The van der Waals surface area contributed by atoms with Crippen molar-refractivity contribution in [1.82, 2.24) is 5.32 Å². The summed E-state index contributed by atoms with van der Waals surface area (Å²) in [5, 5.41) is 11.3. The molecule has 0 amide bonds. The van der Waals surface area contributed by atoms with Crippen molar-refractivity contribution in [2.75, 3.05) is 20.3 Å². The molecule has 1 atom stereocenters. The summed E-state index contributed by atoms with van der Waals surface area (Å²) in [7, 11) is 1.76. The number of hydrogen-bond donors (Lipinski definition) is 1. The zero-order valence-corrected chi connectivity index (χ0v) is 7.26. The van der Waals surface area contributed by atoms with E-state index in [1.807, 2.05) is 0 Å². The van der Waals surface area contributed by atoms with Crippen molar-refractivity contribution < 1.29 is 4.74 Å². The van der Waals surface area contributed by atoms with E-state index < -0.39 is 0 Å². The third-order valence-electron chi connectivity index (χ3n) is 1.43. The Morgan fingerprint density at radius 3 is 2.82 bits per heavy atom. The second-order valence-electron chi connectivity index (χ2n) is 2.40. The van der Waals surface area contributed by atoms with Crippen LogP contribution < -0.4 is 5.32 Å². The number of nitrogens with zero attached hydrogens (tertiary/aromatic N) is 1. The molecule has 1 unspecified atom stereocenters. The summed E-state index contributed by atoms with van der Waals surface area (Å²) >= 11 is 0. The Morgan fingerprint density at radius 2 is 2.36 bits per heavy atom. The minimum atomic E-state index is -0.160. The minimum absolute atomic E-state index is 0.160. The number of ether oxygens (including phenoxy) is 1. The standard InChI is InChI=1S/C8H16N2O/c1-3-4-5-11-7-8(6-9)10-2/h8,10H,3-5,7H2,1-2H3. The van der Waals surface area contributed by atoms with Crippen molar-refractivity contribution in [2.24, 2.45) is 0 Å². The fraction of sp³-hybridized carbons (Fsp3) is 0.875. The fourth-order valence-corrected chi connectivity index (χ4v) is 0.633. The van der Waals surface area contributed by atoms with Crippen LogP contribution in [0.1, 0.15) is 19.8 Å². The summed E-state index contributed by atoms with van der Waals surface area (Å²) in [6.07, 6.45) is 2.21. The Bertz CT molecular complexity index is 120. The summed E-state index contributed by atoms with van der Waals surface area (Å²) < 4.78 is 5.23. The number of likely N-dealkylation sites (N-methyl/N-ethyl adjacent to an activating group) is 1. The van der Waals surface area contributed by atoms with Crippen molar-refractivity contribution in [3.63, 3.8) is 0 Å². The number of unbranched alkanes of at least 4 members (excludes halogenated alkanes) is 1. The van der Waals surface area contributed by atoms with Gasteiger partial charge in [0.05, 0.1) is 12.7 Å². The molecule has 0 saturated carbocycles. The normalized spacial score (nSPS) is 12.5. The SMILES string of the molecule is CCCCOCC(C#N)NC. The Morgan fingerprint density at radius 1 is 1.64 bits per heavy atom. The summed E-state index contributed by atoms with van der Waals surface area (Å²) in [5.74, 6) is 0. The van der Waals surface area contributed by atoms with Crippen molar-refractivity contribution >= 4 is 0 Å². The van der Waals surface area contributed by atoms with Crippen LogP contribution >= 0.6 is 0 Å². The molecule has 11 heavy (non-hydrogen) atoms. The van der Waals surface area contributed by atoms with Crippen molar-refractivity contribution in [3.05, 3.63) is 0 Å². The van der Waals surface area contributed by atoms with E-state index in [9.17, 15) is 0 Å². The first-order valence-corrected chi connectivity index (χ1v) is 3.99. The van der Waals surface area contributed by atoms with E-state index in [2.05, 4.69) is 18.3 Å². The van der Waals surface area contributed by atoms with Gasteiger partial charge in [0.1, 0.15) is 6.04 Å². The lowest BCUT2D eigenvalue weighted by Crippen LogP contribution is -2.28. The van der Waals surface area contributed by atoms with Gasteiger partial charge in [0, 0.05) is 6.61 Å². The summed E-state index contributed by atoms with van der Waals surface area (Å²) in [5.41, 5.74) is 0. The van der Waals surface area contributed by atoms with E-state index in [0.717, 1.165) is 19.4 Å². The van der Waals surface area contributed by atoms with Crippen LogP contribution in [-0.2, 0) is 4.74 Å². The Labute approximate surface area is 68.3 Å². The maximum absolute atomic E-state index is 8.49. The largest absolute Gasteiger partial charge is 0.379 e. The maximum Gasteiger partial charge on any atom is 0.119 e. The molecule has 0 rings (SSSR count). The van der Waals surface area contributed by atoms with Crippen LogP contribution in [0.5, 0.6) is 0 Å². The number of nitrogens with one attached hydrogen (secondary N) is 1. The van der Waals surface area contributed by atoms with Crippen molar-refractivity contribution in [3.8, 4) is 6.07 Å². The molecule has 0 bridgehead atoms. The van der Waals surface area contributed by atoms with Gasteiger partial charge in [-0.25, -0.2) is 0 Å².